The van der Waals surface area contributed by atoms with E-state index in [2.05, 4.69) is 9.97 Å². The molecule has 2 aromatic heterocycles. The average molecular weight is 338 g/mol. The van der Waals surface area contributed by atoms with Gasteiger partial charge in [0.25, 0.3) is 0 Å². The summed E-state index contributed by atoms with van der Waals surface area (Å²) in [5.74, 6) is 1.64. The third-order valence-electron chi connectivity index (χ3n) is 3.13. The Hall–Kier alpha value is -2.12. The van der Waals surface area contributed by atoms with Crippen molar-refractivity contribution in [3.63, 3.8) is 0 Å². The number of methoxy groups -OCH3 is 2. The van der Waals surface area contributed by atoms with E-state index >= 15 is 0 Å². The maximum atomic E-state index is 12.4. The number of thiazole rings is 1. The number of fused-ring (bicyclic) bond motifs is 1. The highest BCUT2D eigenvalue weighted by Gasteiger charge is 2.18. The summed E-state index contributed by atoms with van der Waals surface area (Å²) in [6.45, 7) is 1.73. The van der Waals surface area contributed by atoms with E-state index in [0.717, 1.165) is 11.3 Å². The van der Waals surface area contributed by atoms with Crippen LogP contribution in [-0.2, 0) is 0 Å². The summed E-state index contributed by atoms with van der Waals surface area (Å²) in [6.07, 6.45) is 0. The topological polar surface area (TPSA) is 66.2 Å². The molecular formula is C14H12ClN3O3S. The van der Waals surface area contributed by atoms with Crippen molar-refractivity contribution in [1.29, 1.82) is 0 Å². The van der Waals surface area contributed by atoms with E-state index in [1.54, 1.807) is 32.2 Å². The van der Waals surface area contributed by atoms with E-state index in [4.69, 9.17) is 21.1 Å². The molecule has 0 saturated carbocycles. The van der Waals surface area contributed by atoms with Crippen LogP contribution in [0.2, 0.25) is 5.15 Å². The van der Waals surface area contributed by atoms with Gasteiger partial charge >= 0.3 is 4.87 Å². The van der Waals surface area contributed by atoms with E-state index in [9.17, 15) is 4.79 Å². The van der Waals surface area contributed by atoms with E-state index in [-0.39, 0.29) is 10.0 Å². The Kier molecular flexibility index (Phi) is 3.76. The summed E-state index contributed by atoms with van der Waals surface area (Å²) in [6, 6.07) is 5.21. The summed E-state index contributed by atoms with van der Waals surface area (Å²) in [7, 11) is 3.10. The van der Waals surface area contributed by atoms with Gasteiger partial charge in [-0.25, -0.2) is 14.5 Å². The van der Waals surface area contributed by atoms with Crippen LogP contribution in [0.3, 0.4) is 0 Å². The van der Waals surface area contributed by atoms with Crippen LogP contribution in [0.25, 0.3) is 16.0 Å². The minimum absolute atomic E-state index is 0.208. The second-order valence-electron chi connectivity index (χ2n) is 4.46. The van der Waals surface area contributed by atoms with Crippen LogP contribution in [0.15, 0.2) is 23.0 Å². The standard InChI is InChI=1S/C14H12ClN3O3S/c1-7-16-12(15)11-13(17-7)18(14(19)22-11)9-5-4-8(20-2)6-10(9)21-3/h4-6H,1-3H3. The first-order valence-electron chi connectivity index (χ1n) is 6.33. The second-order valence-corrected chi connectivity index (χ2v) is 5.78. The maximum absolute atomic E-state index is 12.4. The van der Waals surface area contributed by atoms with Crippen molar-refractivity contribution in [2.24, 2.45) is 0 Å². The molecule has 1 aromatic carbocycles. The van der Waals surface area contributed by atoms with E-state index < -0.39 is 0 Å². The first-order chi connectivity index (χ1) is 10.5. The molecule has 3 rings (SSSR count). The van der Waals surface area contributed by atoms with Crippen LogP contribution in [0.4, 0.5) is 0 Å². The zero-order chi connectivity index (χ0) is 15.9. The lowest BCUT2D eigenvalue weighted by molar-refractivity contribution is 0.393. The zero-order valence-electron chi connectivity index (χ0n) is 12.1. The Bertz CT molecular complexity index is 920. The maximum Gasteiger partial charge on any atom is 0.314 e. The Morgan fingerprint density at radius 3 is 2.68 bits per heavy atom. The lowest BCUT2D eigenvalue weighted by atomic mass is 10.2. The number of hydrogen-bond donors (Lipinski definition) is 0. The van der Waals surface area contributed by atoms with Crippen molar-refractivity contribution in [3.8, 4) is 17.2 Å². The van der Waals surface area contributed by atoms with Gasteiger partial charge in [0.2, 0.25) is 0 Å². The van der Waals surface area contributed by atoms with Crippen LogP contribution in [0, 0.1) is 6.92 Å². The fraction of sp³-hybridized carbons (Fsp3) is 0.214. The van der Waals surface area contributed by atoms with Gasteiger partial charge in [-0.2, -0.15) is 0 Å². The zero-order valence-corrected chi connectivity index (χ0v) is 13.7. The molecule has 0 atom stereocenters. The molecule has 0 bridgehead atoms. The molecule has 22 heavy (non-hydrogen) atoms. The minimum Gasteiger partial charge on any atom is -0.497 e. The highest BCUT2D eigenvalue weighted by molar-refractivity contribution is 7.17. The molecule has 0 spiro atoms. The number of rotatable bonds is 3. The summed E-state index contributed by atoms with van der Waals surface area (Å²) >= 11 is 7.11. The molecule has 8 heteroatoms. The highest BCUT2D eigenvalue weighted by atomic mass is 35.5. The third kappa shape index (κ3) is 2.32. The van der Waals surface area contributed by atoms with E-state index in [1.807, 2.05) is 0 Å². The third-order valence-corrected chi connectivity index (χ3v) is 4.45. The monoisotopic (exact) mass is 337 g/mol. The lowest BCUT2D eigenvalue weighted by Gasteiger charge is -2.11. The molecule has 0 amide bonds. The highest BCUT2D eigenvalue weighted by Crippen LogP contribution is 2.31. The van der Waals surface area contributed by atoms with Gasteiger partial charge < -0.3 is 9.47 Å². The fourth-order valence-electron chi connectivity index (χ4n) is 2.15. The fourth-order valence-corrected chi connectivity index (χ4v) is 3.29. The number of aryl methyl sites for hydroxylation is 1. The van der Waals surface area contributed by atoms with Crippen molar-refractivity contribution in [2.75, 3.05) is 14.2 Å². The van der Waals surface area contributed by atoms with Crippen LogP contribution < -0.4 is 14.3 Å². The average Bonchev–Trinajstić information content (AvgIpc) is 2.83. The quantitative estimate of drug-likeness (QED) is 0.687. The molecule has 0 fully saturated rings. The van der Waals surface area contributed by atoms with Crippen molar-refractivity contribution in [2.45, 2.75) is 6.92 Å². The van der Waals surface area contributed by atoms with Crippen LogP contribution >= 0.6 is 22.9 Å². The summed E-state index contributed by atoms with van der Waals surface area (Å²) in [4.78, 5) is 20.6. The Labute approximate surface area is 134 Å². The van der Waals surface area contributed by atoms with Gasteiger partial charge in [0.15, 0.2) is 10.8 Å². The summed E-state index contributed by atoms with van der Waals surface area (Å²) in [5.41, 5.74) is 1.05. The van der Waals surface area contributed by atoms with Gasteiger partial charge in [-0.05, 0) is 19.1 Å². The summed E-state index contributed by atoms with van der Waals surface area (Å²) < 4.78 is 12.6. The van der Waals surface area contributed by atoms with Gasteiger partial charge in [0.1, 0.15) is 22.0 Å². The van der Waals surface area contributed by atoms with Crippen LogP contribution in [0.1, 0.15) is 5.82 Å². The van der Waals surface area contributed by atoms with Crippen molar-refractivity contribution >= 4 is 33.3 Å². The molecule has 0 unspecified atom stereocenters. The van der Waals surface area contributed by atoms with Crippen molar-refractivity contribution in [3.05, 3.63) is 38.8 Å². The predicted octanol–water partition coefficient (Wildman–Crippen LogP) is 2.82. The Balaban J connectivity index is 2.35. The second kappa shape index (κ2) is 5.58. The molecule has 0 aliphatic carbocycles. The number of halogens is 1. The van der Waals surface area contributed by atoms with Gasteiger partial charge in [-0.1, -0.05) is 22.9 Å². The van der Waals surface area contributed by atoms with Gasteiger partial charge in [-0.3, -0.25) is 4.79 Å². The molecule has 6 nitrogen and oxygen atoms in total. The van der Waals surface area contributed by atoms with Crippen molar-refractivity contribution in [1.82, 2.24) is 14.5 Å². The molecule has 0 saturated heterocycles. The molecule has 0 aliphatic heterocycles. The largest absolute Gasteiger partial charge is 0.497 e. The predicted molar refractivity (Wildman–Crippen MR) is 85.9 cm³/mol. The van der Waals surface area contributed by atoms with Gasteiger partial charge in [0.05, 0.1) is 19.9 Å². The molecule has 0 aliphatic rings. The molecule has 0 N–H and O–H groups in total. The number of benzene rings is 1. The first kappa shape index (κ1) is 14.8. The van der Waals surface area contributed by atoms with E-state index in [1.165, 1.54) is 11.7 Å². The lowest BCUT2D eigenvalue weighted by Crippen LogP contribution is -2.12. The molecular weight excluding hydrogens is 326 g/mol. The van der Waals surface area contributed by atoms with E-state index in [0.29, 0.717) is 33.4 Å². The van der Waals surface area contributed by atoms with Crippen molar-refractivity contribution < 1.29 is 9.47 Å². The number of hydrogen-bond acceptors (Lipinski definition) is 6. The smallest absolute Gasteiger partial charge is 0.314 e. The molecule has 114 valence electrons. The molecule has 0 radical (unpaired) electrons. The number of ether oxygens (including phenoxy) is 2. The van der Waals surface area contributed by atoms with Crippen LogP contribution in [0.5, 0.6) is 11.5 Å². The molecule has 2 heterocycles. The number of aromatic nitrogens is 3. The Morgan fingerprint density at radius 1 is 1.23 bits per heavy atom. The Morgan fingerprint density at radius 2 is 2.00 bits per heavy atom. The first-order valence-corrected chi connectivity index (χ1v) is 7.52. The SMILES string of the molecule is COc1ccc(-n2c(=O)sc3c(Cl)nc(C)nc32)c(OC)c1. The summed E-state index contributed by atoms with van der Waals surface area (Å²) in [5, 5.41) is 0.274. The number of nitrogens with zero attached hydrogens (tertiary/aromatic N) is 3. The minimum atomic E-state index is -0.208. The normalized spacial score (nSPS) is 10.9. The molecule has 3 aromatic rings. The van der Waals surface area contributed by atoms with Gasteiger partial charge in [0, 0.05) is 6.07 Å². The van der Waals surface area contributed by atoms with Gasteiger partial charge in [-0.15, -0.1) is 0 Å². The van der Waals surface area contributed by atoms with Crippen LogP contribution in [-0.4, -0.2) is 28.8 Å².